The predicted octanol–water partition coefficient (Wildman–Crippen LogP) is 2.78. The first-order valence-electron chi connectivity index (χ1n) is 6.98. The normalized spacial score (nSPS) is 11.8. The van der Waals surface area contributed by atoms with Gasteiger partial charge >= 0.3 is 0 Å². The highest BCUT2D eigenvalue weighted by Gasteiger charge is 2.15. The van der Waals surface area contributed by atoms with Gasteiger partial charge in [-0.1, -0.05) is 18.2 Å². The first-order chi connectivity index (χ1) is 10.1. The molecule has 1 N–H and O–H groups in total. The van der Waals surface area contributed by atoms with Crippen LogP contribution in [0.5, 0.6) is 5.75 Å². The van der Waals surface area contributed by atoms with E-state index in [1.807, 2.05) is 50.2 Å². The Bertz CT molecular complexity index is 611. The lowest BCUT2D eigenvalue weighted by atomic mass is 10.1. The zero-order valence-corrected chi connectivity index (χ0v) is 12.6. The largest absolute Gasteiger partial charge is 0.481 e. The van der Waals surface area contributed by atoms with Gasteiger partial charge in [-0.3, -0.25) is 9.78 Å². The van der Waals surface area contributed by atoms with E-state index < -0.39 is 6.10 Å². The molecule has 1 aromatic heterocycles. The zero-order chi connectivity index (χ0) is 15.2. The second kappa shape index (κ2) is 6.88. The van der Waals surface area contributed by atoms with Crippen LogP contribution in [0.25, 0.3) is 0 Å². The average molecular weight is 284 g/mol. The number of aryl methyl sites for hydroxylation is 2. The van der Waals surface area contributed by atoms with Gasteiger partial charge in [-0.2, -0.15) is 0 Å². The Morgan fingerprint density at radius 1 is 1.29 bits per heavy atom. The van der Waals surface area contributed by atoms with Crippen LogP contribution in [0.4, 0.5) is 0 Å². The summed E-state index contributed by atoms with van der Waals surface area (Å²) in [5.41, 5.74) is 2.95. The number of amides is 1. The molecule has 2 aromatic rings. The van der Waals surface area contributed by atoms with Crippen LogP contribution in [-0.2, 0) is 11.3 Å². The van der Waals surface area contributed by atoms with Crippen LogP contribution in [0.3, 0.4) is 0 Å². The molecule has 21 heavy (non-hydrogen) atoms. The van der Waals surface area contributed by atoms with Crippen molar-refractivity contribution in [2.24, 2.45) is 0 Å². The van der Waals surface area contributed by atoms with Crippen LogP contribution >= 0.6 is 0 Å². The molecular weight excluding hydrogens is 264 g/mol. The zero-order valence-electron chi connectivity index (χ0n) is 12.6. The Labute approximate surface area is 125 Å². The van der Waals surface area contributed by atoms with Crippen LogP contribution in [0.1, 0.15) is 23.7 Å². The summed E-state index contributed by atoms with van der Waals surface area (Å²) in [5, 5.41) is 2.83. The van der Waals surface area contributed by atoms with Gasteiger partial charge in [0.15, 0.2) is 6.10 Å². The molecule has 4 nitrogen and oxygen atoms in total. The summed E-state index contributed by atoms with van der Waals surface area (Å²) in [6, 6.07) is 11.6. The minimum atomic E-state index is -0.547. The van der Waals surface area contributed by atoms with E-state index in [1.54, 1.807) is 13.1 Å². The first-order valence-corrected chi connectivity index (χ1v) is 6.98. The number of carbonyl (C=O) groups excluding carboxylic acids is 1. The lowest BCUT2D eigenvalue weighted by molar-refractivity contribution is -0.127. The van der Waals surface area contributed by atoms with Crippen LogP contribution in [-0.4, -0.2) is 17.0 Å². The molecule has 0 saturated heterocycles. The number of hydrogen-bond donors (Lipinski definition) is 1. The standard InChI is InChI=1S/C17H20N2O2/c1-12-7-8-13(2)16(10-12)21-14(3)17(20)19-11-15-6-4-5-9-18-15/h4-10,14H,11H2,1-3H3,(H,19,20). The Morgan fingerprint density at radius 3 is 2.81 bits per heavy atom. The number of benzene rings is 1. The van der Waals surface area contributed by atoms with Crippen LogP contribution in [0.2, 0.25) is 0 Å². The summed E-state index contributed by atoms with van der Waals surface area (Å²) < 4.78 is 5.74. The maximum atomic E-state index is 12.1. The highest BCUT2D eigenvalue weighted by atomic mass is 16.5. The molecule has 0 aliphatic heterocycles. The third-order valence-electron chi connectivity index (χ3n) is 3.19. The minimum absolute atomic E-state index is 0.151. The second-order valence-electron chi connectivity index (χ2n) is 5.07. The fraction of sp³-hybridized carbons (Fsp3) is 0.294. The molecule has 1 heterocycles. The second-order valence-corrected chi connectivity index (χ2v) is 5.07. The molecule has 0 aliphatic carbocycles. The molecule has 110 valence electrons. The molecule has 0 fully saturated rings. The highest BCUT2D eigenvalue weighted by Crippen LogP contribution is 2.20. The fourth-order valence-corrected chi connectivity index (χ4v) is 1.90. The summed E-state index contributed by atoms with van der Waals surface area (Å²) in [5.74, 6) is 0.594. The highest BCUT2D eigenvalue weighted by molar-refractivity contribution is 5.80. The van der Waals surface area contributed by atoms with Crippen LogP contribution in [0, 0.1) is 13.8 Å². The van der Waals surface area contributed by atoms with Gasteiger partial charge in [0.1, 0.15) is 5.75 Å². The monoisotopic (exact) mass is 284 g/mol. The molecule has 0 radical (unpaired) electrons. The van der Waals surface area contributed by atoms with E-state index in [-0.39, 0.29) is 5.91 Å². The van der Waals surface area contributed by atoms with Gasteiger partial charge in [0, 0.05) is 6.20 Å². The van der Waals surface area contributed by atoms with Crippen molar-refractivity contribution in [1.82, 2.24) is 10.3 Å². The Hall–Kier alpha value is -2.36. The molecule has 1 unspecified atom stereocenters. The minimum Gasteiger partial charge on any atom is -0.481 e. The Balaban J connectivity index is 1.92. The molecule has 0 saturated carbocycles. The van der Waals surface area contributed by atoms with Crippen molar-refractivity contribution in [2.75, 3.05) is 0 Å². The van der Waals surface area contributed by atoms with Gasteiger partial charge in [0.2, 0.25) is 0 Å². The van der Waals surface area contributed by atoms with Gasteiger partial charge in [0.25, 0.3) is 5.91 Å². The summed E-state index contributed by atoms with van der Waals surface area (Å²) in [6.45, 7) is 6.11. The number of aromatic nitrogens is 1. The molecule has 1 amide bonds. The van der Waals surface area contributed by atoms with E-state index in [2.05, 4.69) is 10.3 Å². The van der Waals surface area contributed by atoms with Crippen molar-refractivity contribution in [3.05, 3.63) is 59.4 Å². The predicted molar refractivity (Wildman–Crippen MR) is 82.1 cm³/mol. The van der Waals surface area contributed by atoms with Crippen molar-refractivity contribution in [1.29, 1.82) is 0 Å². The number of rotatable bonds is 5. The van der Waals surface area contributed by atoms with Crippen molar-refractivity contribution in [3.63, 3.8) is 0 Å². The molecule has 0 spiro atoms. The van der Waals surface area contributed by atoms with Crippen molar-refractivity contribution < 1.29 is 9.53 Å². The number of ether oxygens (including phenoxy) is 1. The molecule has 0 bridgehead atoms. The summed E-state index contributed by atoms with van der Waals surface area (Å²) in [4.78, 5) is 16.2. The van der Waals surface area contributed by atoms with E-state index >= 15 is 0 Å². The van der Waals surface area contributed by atoms with Crippen molar-refractivity contribution in [2.45, 2.75) is 33.4 Å². The summed E-state index contributed by atoms with van der Waals surface area (Å²) in [6.07, 6.45) is 1.16. The SMILES string of the molecule is Cc1ccc(C)c(OC(C)C(=O)NCc2ccccn2)c1. The van der Waals surface area contributed by atoms with Crippen LogP contribution in [0.15, 0.2) is 42.6 Å². The maximum Gasteiger partial charge on any atom is 0.261 e. The van der Waals surface area contributed by atoms with Gasteiger partial charge < -0.3 is 10.1 Å². The van der Waals surface area contributed by atoms with Gasteiger partial charge in [0.05, 0.1) is 12.2 Å². The fourth-order valence-electron chi connectivity index (χ4n) is 1.90. The third-order valence-corrected chi connectivity index (χ3v) is 3.19. The van der Waals surface area contributed by atoms with Gasteiger partial charge in [-0.05, 0) is 50.1 Å². The summed E-state index contributed by atoms with van der Waals surface area (Å²) in [7, 11) is 0. The Morgan fingerprint density at radius 2 is 2.10 bits per heavy atom. The lowest BCUT2D eigenvalue weighted by Gasteiger charge is -2.16. The molecular formula is C17H20N2O2. The number of nitrogens with one attached hydrogen (secondary N) is 1. The number of hydrogen-bond acceptors (Lipinski definition) is 3. The molecule has 1 aromatic carbocycles. The molecule has 2 rings (SSSR count). The molecule has 4 heteroatoms. The lowest BCUT2D eigenvalue weighted by Crippen LogP contribution is -2.36. The van der Waals surface area contributed by atoms with Gasteiger partial charge in [-0.25, -0.2) is 0 Å². The van der Waals surface area contributed by atoms with E-state index in [4.69, 9.17) is 4.74 Å². The van der Waals surface area contributed by atoms with Crippen LogP contribution < -0.4 is 10.1 Å². The van der Waals surface area contributed by atoms with Crippen molar-refractivity contribution >= 4 is 5.91 Å². The van der Waals surface area contributed by atoms with E-state index in [0.29, 0.717) is 6.54 Å². The average Bonchev–Trinajstić information content (AvgIpc) is 2.49. The topological polar surface area (TPSA) is 51.2 Å². The van der Waals surface area contributed by atoms with E-state index in [9.17, 15) is 4.79 Å². The quantitative estimate of drug-likeness (QED) is 0.918. The Kier molecular flexibility index (Phi) is 4.93. The van der Waals surface area contributed by atoms with Crippen molar-refractivity contribution in [3.8, 4) is 5.75 Å². The molecule has 1 atom stereocenters. The molecule has 0 aliphatic rings. The van der Waals surface area contributed by atoms with E-state index in [1.165, 1.54) is 0 Å². The number of carbonyl (C=O) groups is 1. The van der Waals surface area contributed by atoms with Gasteiger partial charge in [-0.15, -0.1) is 0 Å². The maximum absolute atomic E-state index is 12.1. The third kappa shape index (κ3) is 4.31. The number of nitrogens with zero attached hydrogens (tertiary/aromatic N) is 1. The van der Waals surface area contributed by atoms with E-state index in [0.717, 1.165) is 22.6 Å². The smallest absolute Gasteiger partial charge is 0.261 e. The first kappa shape index (κ1) is 15.0. The number of pyridine rings is 1. The summed E-state index contributed by atoms with van der Waals surface area (Å²) >= 11 is 0.